The van der Waals surface area contributed by atoms with E-state index in [0.29, 0.717) is 22.6 Å². The van der Waals surface area contributed by atoms with Crippen LogP contribution in [0.2, 0.25) is 0 Å². The summed E-state index contributed by atoms with van der Waals surface area (Å²) in [6, 6.07) is 50.0. The minimum absolute atomic E-state index is 0.145. The van der Waals surface area contributed by atoms with Gasteiger partial charge in [-0.15, -0.1) is 23.1 Å². The standard InChI is InChI=1S/C41H39N3O3S3/c45-50(46,40-24-23-39(49-40)38-18-10-11-25-43-38)30-42-26-27-47-36-21-19-32(20-22-36)28-37-29-44(31-48-37)41(33-12-4-1-5-13-33,34-14-6-2-7-15-34)35-16-8-3-9-17-35/h1-25,37,42H,26-31H2. The highest BCUT2D eigenvalue weighted by atomic mass is 32.2. The third-order valence-corrected chi connectivity index (χ3v) is 13.5. The zero-order valence-electron chi connectivity index (χ0n) is 27.6. The van der Waals surface area contributed by atoms with Crippen LogP contribution in [0.5, 0.6) is 5.75 Å². The smallest absolute Gasteiger partial charge is 0.200 e. The van der Waals surface area contributed by atoms with Crippen molar-refractivity contribution in [1.29, 1.82) is 0 Å². The fourth-order valence-corrected chi connectivity index (χ4v) is 10.4. The van der Waals surface area contributed by atoms with Crippen molar-refractivity contribution in [2.24, 2.45) is 0 Å². The number of hydrogen-bond acceptors (Lipinski definition) is 8. The van der Waals surface area contributed by atoms with E-state index < -0.39 is 15.4 Å². The molecule has 6 aromatic rings. The van der Waals surface area contributed by atoms with Crippen LogP contribution in [-0.2, 0) is 21.8 Å². The zero-order chi connectivity index (χ0) is 34.2. The molecular weight excluding hydrogens is 679 g/mol. The minimum atomic E-state index is -3.45. The third kappa shape index (κ3) is 7.57. The zero-order valence-corrected chi connectivity index (χ0v) is 30.0. The summed E-state index contributed by atoms with van der Waals surface area (Å²) in [5.41, 5.74) is 5.46. The second kappa shape index (κ2) is 15.7. The van der Waals surface area contributed by atoms with Crippen molar-refractivity contribution in [3.63, 3.8) is 0 Å². The molecule has 2 aromatic heterocycles. The van der Waals surface area contributed by atoms with Crippen LogP contribution < -0.4 is 10.1 Å². The second-order valence-electron chi connectivity index (χ2n) is 12.2. The Bertz CT molecular complexity index is 1960. The number of aromatic nitrogens is 1. The molecular formula is C41H39N3O3S3. The molecule has 9 heteroatoms. The molecule has 0 saturated carbocycles. The van der Waals surface area contributed by atoms with E-state index in [9.17, 15) is 8.42 Å². The molecule has 1 N–H and O–H groups in total. The lowest BCUT2D eigenvalue weighted by Crippen LogP contribution is -2.47. The Morgan fingerprint density at radius 2 is 1.38 bits per heavy atom. The highest BCUT2D eigenvalue weighted by Crippen LogP contribution is 2.46. The largest absolute Gasteiger partial charge is 0.492 e. The van der Waals surface area contributed by atoms with E-state index in [2.05, 4.69) is 118 Å². The average molecular weight is 718 g/mol. The van der Waals surface area contributed by atoms with Crippen molar-refractivity contribution >= 4 is 32.9 Å². The molecule has 4 aromatic carbocycles. The molecule has 0 spiro atoms. The summed E-state index contributed by atoms with van der Waals surface area (Å²) in [5.74, 6) is 1.55. The number of benzene rings is 4. The summed E-state index contributed by atoms with van der Waals surface area (Å²) in [6.07, 6.45) is 2.66. The van der Waals surface area contributed by atoms with Crippen LogP contribution in [0, 0.1) is 0 Å². The fraction of sp³-hybridized carbons (Fsp3) is 0.195. The molecule has 0 aliphatic carbocycles. The predicted octanol–water partition coefficient (Wildman–Crippen LogP) is 8.12. The van der Waals surface area contributed by atoms with Gasteiger partial charge in [-0.2, -0.15) is 0 Å². The average Bonchev–Trinajstić information content (AvgIpc) is 3.86. The molecule has 1 fully saturated rings. The summed E-state index contributed by atoms with van der Waals surface area (Å²) < 4.78 is 32.0. The number of pyridine rings is 1. The summed E-state index contributed by atoms with van der Waals surface area (Å²) in [5, 5.41) is 3.46. The first-order valence-corrected chi connectivity index (χ1v) is 20.2. The van der Waals surface area contributed by atoms with Crippen molar-refractivity contribution in [2.45, 2.75) is 21.4 Å². The maximum absolute atomic E-state index is 12.9. The number of thioether (sulfide) groups is 1. The predicted molar refractivity (Wildman–Crippen MR) is 205 cm³/mol. The van der Waals surface area contributed by atoms with E-state index in [1.54, 1.807) is 18.3 Å². The first kappa shape index (κ1) is 34.2. The maximum atomic E-state index is 12.9. The van der Waals surface area contributed by atoms with Crippen LogP contribution in [0.4, 0.5) is 0 Å². The molecule has 1 unspecified atom stereocenters. The Kier molecular flexibility index (Phi) is 10.8. The maximum Gasteiger partial charge on any atom is 0.200 e. The minimum Gasteiger partial charge on any atom is -0.492 e. The second-order valence-corrected chi connectivity index (χ2v) is 16.8. The van der Waals surface area contributed by atoms with Gasteiger partial charge in [0.15, 0.2) is 0 Å². The Morgan fingerprint density at radius 1 is 0.760 bits per heavy atom. The van der Waals surface area contributed by atoms with Gasteiger partial charge in [0.05, 0.1) is 16.1 Å². The number of sulfone groups is 1. The van der Waals surface area contributed by atoms with Crippen LogP contribution in [0.15, 0.2) is 156 Å². The number of nitrogens with zero attached hydrogens (tertiary/aromatic N) is 2. The topological polar surface area (TPSA) is 71.5 Å². The SMILES string of the molecule is O=S(=O)(CNCCOc1ccc(CC2CN(C(c3ccccc3)(c3ccccc3)c3ccccc3)CS2)cc1)c1ccc(-c2ccccn2)s1. The number of ether oxygens (including phenoxy) is 1. The Labute approximate surface area is 303 Å². The van der Waals surface area contributed by atoms with Crippen LogP contribution in [0.3, 0.4) is 0 Å². The van der Waals surface area contributed by atoms with E-state index in [0.717, 1.165) is 35.2 Å². The van der Waals surface area contributed by atoms with Gasteiger partial charge < -0.3 is 4.74 Å². The van der Waals surface area contributed by atoms with Gasteiger partial charge in [-0.05, 0) is 65.1 Å². The summed E-state index contributed by atoms with van der Waals surface area (Å²) in [6.45, 7) is 1.73. The number of nitrogens with one attached hydrogen (secondary N) is 1. The molecule has 1 aliphatic heterocycles. The monoisotopic (exact) mass is 717 g/mol. The van der Waals surface area contributed by atoms with Crippen LogP contribution >= 0.6 is 23.1 Å². The summed E-state index contributed by atoms with van der Waals surface area (Å²) in [4.78, 5) is 7.79. The first-order chi connectivity index (χ1) is 24.5. The van der Waals surface area contributed by atoms with Crippen molar-refractivity contribution in [2.75, 3.05) is 31.4 Å². The lowest BCUT2D eigenvalue weighted by atomic mass is 9.75. The van der Waals surface area contributed by atoms with Gasteiger partial charge in [0.25, 0.3) is 0 Å². The Morgan fingerprint density at radius 3 is 1.98 bits per heavy atom. The number of hydrogen-bond donors (Lipinski definition) is 1. The van der Waals surface area contributed by atoms with Crippen molar-refractivity contribution in [3.8, 4) is 16.3 Å². The van der Waals surface area contributed by atoms with E-state index >= 15 is 0 Å². The molecule has 1 atom stereocenters. The fourth-order valence-electron chi connectivity index (χ4n) is 6.63. The van der Waals surface area contributed by atoms with Crippen LogP contribution in [-0.4, -0.2) is 55.0 Å². The molecule has 6 nitrogen and oxygen atoms in total. The van der Waals surface area contributed by atoms with Gasteiger partial charge in [-0.1, -0.05) is 109 Å². The normalized spacial score (nSPS) is 15.2. The van der Waals surface area contributed by atoms with Gasteiger partial charge in [-0.3, -0.25) is 15.2 Å². The molecule has 50 heavy (non-hydrogen) atoms. The molecule has 7 rings (SSSR count). The molecule has 3 heterocycles. The van der Waals surface area contributed by atoms with E-state index in [1.807, 2.05) is 42.1 Å². The van der Waals surface area contributed by atoms with Crippen molar-refractivity contribution in [3.05, 3.63) is 174 Å². The molecule has 1 saturated heterocycles. The van der Waals surface area contributed by atoms with E-state index in [4.69, 9.17) is 4.74 Å². The van der Waals surface area contributed by atoms with Crippen molar-refractivity contribution < 1.29 is 13.2 Å². The lowest BCUT2D eigenvalue weighted by Gasteiger charge is -2.43. The van der Waals surface area contributed by atoms with Gasteiger partial charge >= 0.3 is 0 Å². The van der Waals surface area contributed by atoms with E-state index in [-0.39, 0.29) is 5.88 Å². The van der Waals surface area contributed by atoms with Gasteiger partial charge in [-0.25, -0.2) is 8.42 Å². The van der Waals surface area contributed by atoms with Gasteiger partial charge in [0.2, 0.25) is 9.84 Å². The number of thiophene rings is 1. The molecule has 254 valence electrons. The van der Waals surface area contributed by atoms with E-state index in [1.165, 1.54) is 33.6 Å². The Balaban J connectivity index is 0.947. The van der Waals surface area contributed by atoms with Gasteiger partial charge in [0.1, 0.15) is 22.4 Å². The third-order valence-electron chi connectivity index (χ3n) is 8.97. The quantitative estimate of drug-likeness (QED) is 0.0902. The first-order valence-electron chi connectivity index (χ1n) is 16.7. The molecule has 0 amide bonds. The highest BCUT2D eigenvalue weighted by Gasteiger charge is 2.45. The summed E-state index contributed by atoms with van der Waals surface area (Å²) in [7, 11) is -3.45. The van der Waals surface area contributed by atoms with Crippen LogP contribution in [0.1, 0.15) is 22.3 Å². The van der Waals surface area contributed by atoms with Crippen LogP contribution in [0.25, 0.3) is 10.6 Å². The van der Waals surface area contributed by atoms with Crippen molar-refractivity contribution in [1.82, 2.24) is 15.2 Å². The molecule has 0 radical (unpaired) electrons. The van der Waals surface area contributed by atoms with Gasteiger partial charge in [0, 0.05) is 30.4 Å². The highest BCUT2D eigenvalue weighted by molar-refractivity contribution is 8.00. The lowest BCUT2D eigenvalue weighted by molar-refractivity contribution is 0.202. The molecule has 1 aliphatic rings. The molecule has 0 bridgehead atoms. The Hall–Kier alpha value is -4.25. The number of rotatable bonds is 14. The summed E-state index contributed by atoms with van der Waals surface area (Å²) >= 11 is 3.25.